The number of hydrogen-bond donors (Lipinski definition) is 0. The Balaban J connectivity index is 1.48. The SMILES string of the molecule is CC1(C)c2ccccc2-c2ccc3c4c(n(-c5nc(-c6ccccc6)nc(-c6ccccc6)n5)c3c21)CCCC4. The minimum atomic E-state index is -0.137. The Morgan fingerprint density at radius 1 is 0.625 bits per heavy atom. The first-order valence-electron chi connectivity index (χ1n) is 14.3. The van der Waals surface area contributed by atoms with Gasteiger partial charge in [-0.15, -0.1) is 0 Å². The van der Waals surface area contributed by atoms with Crippen LogP contribution in [-0.2, 0) is 18.3 Å². The lowest BCUT2D eigenvalue weighted by molar-refractivity contribution is 0.652. The van der Waals surface area contributed by atoms with Gasteiger partial charge < -0.3 is 0 Å². The highest BCUT2D eigenvalue weighted by Crippen LogP contribution is 2.53. The molecule has 4 heteroatoms. The van der Waals surface area contributed by atoms with Gasteiger partial charge in [0.05, 0.1) is 5.52 Å². The van der Waals surface area contributed by atoms with Gasteiger partial charge in [0.15, 0.2) is 11.6 Å². The van der Waals surface area contributed by atoms with Crippen molar-refractivity contribution in [2.24, 2.45) is 0 Å². The monoisotopic (exact) mass is 518 g/mol. The molecule has 0 radical (unpaired) electrons. The van der Waals surface area contributed by atoms with Gasteiger partial charge in [-0.1, -0.05) is 111 Å². The quantitative estimate of drug-likeness (QED) is 0.236. The summed E-state index contributed by atoms with van der Waals surface area (Å²) in [5.74, 6) is 2.11. The molecule has 2 aliphatic carbocycles. The molecule has 4 nitrogen and oxygen atoms in total. The molecule has 0 atom stereocenters. The fraction of sp³-hybridized carbons (Fsp3) is 0.194. The molecule has 0 saturated carbocycles. The smallest absolute Gasteiger partial charge is 0.238 e. The number of nitrogens with zero attached hydrogens (tertiary/aromatic N) is 4. The van der Waals surface area contributed by atoms with E-state index in [1.165, 1.54) is 57.3 Å². The molecule has 6 aromatic rings. The lowest BCUT2D eigenvalue weighted by Crippen LogP contribution is -2.18. The molecular weight excluding hydrogens is 488 g/mol. The van der Waals surface area contributed by atoms with Crippen LogP contribution in [-0.4, -0.2) is 19.5 Å². The zero-order valence-corrected chi connectivity index (χ0v) is 22.9. The zero-order chi connectivity index (χ0) is 26.8. The van der Waals surface area contributed by atoms with E-state index in [0.717, 1.165) is 24.0 Å². The summed E-state index contributed by atoms with van der Waals surface area (Å²) in [5.41, 5.74) is 11.3. The molecule has 2 aliphatic rings. The summed E-state index contributed by atoms with van der Waals surface area (Å²) in [6, 6.07) is 34.1. The van der Waals surface area contributed by atoms with Crippen molar-refractivity contribution >= 4 is 10.9 Å². The lowest BCUT2D eigenvalue weighted by Gasteiger charge is -2.23. The maximum atomic E-state index is 5.19. The predicted molar refractivity (Wildman–Crippen MR) is 162 cm³/mol. The summed E-state index contributed by atoms with van der Waals surface area (Å²) >= 11 is 0. The fourth-order valence-electron chi connectivity index (χ4n) is 7.00. The van der Waals surface area contributed by atoms with Gasteiger partial charge in [0.25, 0.3) is 0 Å². The summed E-state index contributed by atoms with van der Waals surface area (Å²) in [7, 11) is 0. The average Bonchev–Trinajstić information content (AvgIpc) is 3.47. The van der Waals surface area contributed by atoms with Gasteiger partial charge in [0, 0.05) is 27.6 Å². The summed E-state index contributed by atoms with van der Waals surface area (Å²) in [5, 5.41) is 1.34. The van der Waals surface area contributed by atoms with E-state index in [0.29, 0.717) is 17.6 Å². The van der Waals surface area contributed by atoms with Gasteiger partial charge in [-0.3, -0.25) is 4.57 Å². The van der Waals surface area contributed by atoms with E-state index in [1.54, 1.807) is 0 Å². The van der Waals surface area contributed by atoms with Crippen molar-refractivity contribution in [2.45, 2.75) is 44.9 Å². The van der Waals surface area contributed by atoms with Crippen molar-refractivity contribution in [1.29, 1.82) is 0 Å². The fourth-order valence-corrected chi connectivity index (χ4v) is 7.00. The van der Waals surface area contributed by atoms with Crippen LogP contribution < -0.4 is 0 Å². The third-order valence-electron chi connectivity index (χ3n) is 8.84. The van der Waals surface area contributed by atoms with E-state index in [4.69, 9.17) is 15.0 Å². The summed E-state index contributed by atoms with van der Waals surface area (Å²) < 4.78 is 2.40. The Kier molecular flexibility index (Phi) is 5.09. The molecule has 0 N–H and O–H groups in total. The van der Waals surface area contributed by atoms with Crippen molar-refractivity contribution in [3.8, 4) is 39.9 Å². The van der Waals surface area contributed by atoms with E-state index >= 15 is 0 Å². The second-order valence-corrected chi connectivity index (χ2v) is 11.5. The van der Waals surface area contributed by atoms with Crippen molar-refractivity contribution in [2.75, 3.05) is 0 Å². The van der Waals surface area contributed by atoms with E-state index in [1.807, 2.05) is 36.4 Å². The van der Waals surface area contributed by atoms with Crippen molar-refractivity contribution in [3.63, 3.8) is 0 Å². The predicted octanol–water partition coefficient (Wildman–Crippen LogP) is 8.33. The van der Waals surface area contributed by atoms with Gasteiger partial charge in [-0.25, -0.2) is 4.98 Å². The highest BCUT2D eigenvalue weighted by atomic mass is 15.2. The van der Waals surface area contributed by atoms with Crippen LogP contribution in [0.15, 0.2) is 97.1 Å². The van der Waals surface area contributed by atoms with Crippen LogP contribution in [0.3, 0.4) is 0 Å². The number of hydrogen-bond acceptors (Lipinski definition) is 3. The number of benzene rings is 4. The third kappa shape index (κ3) is 3.35. The standard InChI is InChI=1S/C36H30N4/c1-36(2)29-19-11-9-17-25(29)27-21-22-28-26-18-10-12-20-30(26)40(32(28)31(27)36)35-38-33(23-13-5-3-6-14-23)37-34(39-35)24-15-7-4-8-16-24/h3-9,11,13-17,19,21-22H,10,12,18,20H2,1-2H3. The normalized spacial score (nSPS) is 15.1. The van der Waals surface area contributed by atoms with Gasteiger partial charge in [0.1, 0.15) is 0 Å². The number of aryl methyl sites for hydroxylation is 1. The Morgan fingerprint density at radius 2 is 1.25 bits per heavy atom. The molecule has 4 aromatic carbocycles. The van der Waals surface area contributed by atoms with E-state index < -0.39 is 0 Å². The average molecular weight is 519 g/mol. The zero-order valence-electron chi connectivity index (χ0n) is 22.9. The first kappa shape index (κ1) is 23.3. The number of fused-ring (bicyclic) bond motifs is 7. The number of aromatic nitrogens is 4. The number of rotatable bonds is 3. The third-order valence-corrected chi connectivity index (χ3v) is 8.84. The first-order valence-corrected chi connectivity index (χ1v) is 14.3. The van der Waals surface area contributed by atoms with E-state index in [-0.39, 0.29) is 5.41 Å². The van der Waals surface area contributed by atoms with Crippen LogP contribution in [0.4, 0.5) is 0 Å². The Bertz CT molecular complexity index is 1860. The van der Waals surface area contributed by atoms with Gasteiger partial charge in [-0.05, 0) is 53.5 Å². The molecule has 40 heavy (non-hydrogen) atoms. The Hall–Kier alpha value is -4.57. The molecule has 0 aliphatic heterocycles. The molecule has 0 amide bonds. The van der Waals surface area contributed by atoms with Crippen LogP contribution in [0.2, 0.25) is 0 Å². The minimum absolute atomic E-state index is 0.137. The highest BCUT2D eigenvalue weighted by Gasteiger charge is 2.39. The van der Waals surface area contributed by atoms with E-state index in [9.17, 15) is 0 Å². The van der Waals surface area contributed by atoms with Crippen molar-refractivity contribution in [1.82, 2.24) is 19.5 Å². The first-order chi connectivity index (χ1) is 19.6. The van der Waals surface area contributed by atoms with Crippen molar-refractivity contribution < 1.29 is 0 Å². The molecule has 0 spiro atoms. The topological polar surface area (TPSA) is 43.6 Å². The second kappa shape index (κ2) is 8.72. The molecule has 0 bridgehead atoms. The maximum absolute atomic E-state index is 5.19. The Morgan fingerprint density at radius 3 is 1.95 bits per heavy atom. The highest BCUT2D eigenvalue weighted by molar-refractivity contribution is 5.99. The van der Waals surface area contributed by atoms with Crippen LogP contribution in [0.1, 0.15) is 49.1 Å². The molecule has 2 heterocycles. The second-order valence-electron chi connectivity index (χ2n) is 11.5. The van der Waals surface area contributed by atoms with Crippen molar-refractivity contribution in [3.05, 3.63) is 119 Å². The lowest BCUT2D eigenvalue weighted by atomic mass is 9.81. The Labute approximate surface area is 234 Å². The molecule has 0 fully saturated rings. The van der Waals surface area contributed by atoms with Gasteiger partial charge >= 0.3 is 0 Å². The van der Waals surface area contributed by atoms with Crippen LogP contribution >= 0.6 is 0 Å². The minimum Gasteiger partial charge on any atom is -0.282 e. The van der Waals surface area contributed by atoms with Crippen LogP contribution in [0.5, 0.6) is 0 Å². The summed E-state index contributed by atoms with van der Waals surface area (Å²) in [6.45, 7) is 4.73. The molecule has 0 saturated heterocycles. The molecule has 8 rings (SSSR count). The maximum Gasteiger partial charge on any atom is 0.238 e. The molecular formula is C36H30N4. The molecule has 194 valence electrons. The van der Waals surface area contributed by atoms with Gasteiger partial charge in [-0.2, -0.15) is 9.97 Å². The van der Waals surface area contributed by atoms with Crippen LogP contribution in [0, 0.1) is 0 Å². The largest absolute Gasteiger partial charge is 0.282 e. The van der Waals surface area contributed by atoms with E-state index in [2.05, 4.69) is 79.1 Å². The van der Waals surface area contributed by atoms with Gasteiger partial charge in [0.2, 0.25) is 5.95 Å². The molecule has 2 aromatic heterocycles. The van der Waals surface area contributed by atoms with Crippen LogP contribution in [0.25, 0.3) is 50.8 Å². The molecule has 0 unspecified atom stereocenters. The summed E-state index contributed by atoms with van der Waals surface area (Å²) in [4.78, 5) is 15.4. The summed E-state index contributed by atoms with van der Waals surface area (Å²) in [6.07, 6.45) is 4.51.